The molecule has 0 saturated carbocycles. The molecule has 362 valence electrons. The van der Waals surface area contributed by atoms with Crippen molar-refractivity contribution < 1.29 is 28.6 Å². The van der Waals surface area contributed by atoms with Crippen LogP contribution in [0.15, 0.2) is 72.9 Å². The SMILES string of the molecule is CC/C=C\C/C=C\C/C=C\C/C=C\C/C=C\CCCCCCCCCCCCCCCC(=O)OCC(COC(=O)CCCCCCCC)OC(=O)CCCCCCC/C=C\CCC. The minimum absolute atomic E-state index is 0.0777. The van der Waals surface area contributed by atoms with Crippen molar-refractivity contribution in [1.29, 1.82) is 0 Å². The summed E-state index contributed by atoms with van der Waals surface area (Å²) in [6.07, 6.45) is 65.1. The first-order chi connectivity index (χ1) is 31.0. The standard InChI is InChI=1S/C57H98O6/c1-4-7-10-13-16-18-20-21-22-23-24-25-26-27-28-29-30-31-32-33-34-35-36-37-38-40-41-44-47-50-56(59)62-53-54(52-61-55(58)49-46-43-15-12-9-6-3)63-57(60)51-48-45-42-39-19-17-14-11-8-5-2/h7,10-11,14,16,18,21-22,24-25,27-28,54H,4-6,8-9,12-13,15,17,19-20,23,26,29-53H2,1-3H3/b10-7-,14-11-,18-16-,22-21-,25-24-,28-27-. The van der Waals surface area contributed by atoms with Crippen molar-refractivity contribution in [3.05, 3.63) is 72.9 Å². The normalized spacial score (nSPS) is 12.6. The highest BCUT2D eigenvalue weighted by Gasteiger charge is 2.19. The Morgan fingerprint density at radius 1 is 0.333 bits per heavy atom. The van der Waals surface area contributed by atoms with Crippen molar-refractivity contribution >= 4 is 17.9 Å². The Hall–Kier alpha value is -3.15. The predicted molar refractivity (Wildman–Crippen MR) is 270 cm³/mol. The van der Waals surface area contributed by atoms with E-state index in [2.05, 4.69) is 93.7 Å². The van der Waals surface area contributed by atoms with Crippen LogP contribution in [0.5, 0.6) is 0 Å². The zero-order valence-corrected chi connectivity index (χ0v) is 41.3. The second-order valence-electron chi connectivity index (χ2n) is 17.4. The van der Waals surface area contributed by atoms with E-state index in [1.807, 2.05) is 0 Å². The van der Waals surface area contributed by atoms with Crippen molar-refractivity contribution in [1.82, 2.24) is 0 Å². The first kappa shape index (κ1) is 59.9. The van der Waals surface area contributed by atoms with E-state index < -0.39 is 6.10 Å². The molecule has 0 fully saturated rings. The molecule has 0 aliphatic heterocycles. The number of carbonyl (C=O) groups is 3. The van der Waals surface area contributed by atoms with E-state index >= 15 is 0 Å². The van der Waals surface area contributed by atoms with Crippen LogP contribution in [0, 0.1) is 0 Å². The van der Waals surface area contributed by atoms with Gasteiger partial charge in [-0.3, -0.25) is 14.4 Å². The van der Waals surface area contributed by atoms with Gasteiger partial charge in [0, 0.05) is 19.3 Å². The smallest absolute Gasteiger partial charge is 0.306 e. The molecule has 0 aliphatic rings. The molecule has 1 atom stereocenters. The van der Waals surface area contributed by atoms with Gasteiger partial charge in [-0.05, 0) is 83.5 Å². The lowest BCUT2D eigenvalue weighted by Gasteiger charge is -2.18. The summed E-state index contributed by atoms with van der Waals surface area (Å²) in [7, 11) is 0. The molecule has 0 spiro atoms. The van der Waals surface area contributed by atoms with Gasteiger partial charge in [0.2, 0.25) is 0 Å². The average molecular weight is 879 g/mol. The minimum Gasteiger partial charge on any atom is -0.462 e. The number of hydrogen-bond donors (Lipinski definition) is 0. The van der Waals surface area contributed by atoms with Crippen LogP contribution in [0.3, 0.4) is 0 Å². The Morgan fingerprint density at radius 3 is 1.05 bits per heavy atom. The fraction of sp³-hybridized carbons (Fsp3) is 0.737. The monoisotopic (exact) mass is 879 g/mol. The third-order valence-electron chi connectivity index (χ3n) is 11.2. The summed E-state index contributed by atoms with van der Waals surface area (Å²) in [5, 5.41) is 0. The summed E-state index contributed by atoms with van der Waals surface area (Å²) in [6.45, 7) is 6.39. The lowest BCUT2D eigenvalue weighted by atomic mass is 10.0. The van der Waals surface area contributed by atoms with Gasteiger partial charge in [-0.2, -0.15) is 0 Å². The van der Waals surface area contributed by atoms with Crippen molar-refractivity contribution in [3.8, 4) is 0 Å². The highest BCUT2D eigenvalue weighted by molar-refractivity contribution is 5.71. The van der Waals surface area contributed by atoms with Crippen LogP contribution in [0.2, 0.25) is 0 Å². The molecule has 6 heteroatoms. The maximum atomic E-state index is 12.7. The molecule has 0 radical (unpaired) electrons. The number of hydrogen-bond acceptors (Lipinski definition) is 6. The minimum atomic E-state index is -0.773. The molecule has 0 rings (SSSR count). The van der Waals surface area contributed by atoms with Gasteiger partial charge in [-0.15, -0.1) is 0 Å². The maximum Gasteiger partial charge on any atom is 0.306 e. The average Bonchev–Trinajstić information content (AvgIpc) is 3.28. The van der Waals surface area contributed by atoms with E-state index in [1.165, 1.54) is 103 Å². The van der Waals surface area contributed by atoms with E-state index in [0.29, 0.717) is 19.3 Å². The first-order valence-corrected chi connectivity index (χ1v) is 26.4. The summed E-state index contributed by atoms with van der Waals surface area (Å²) >= 11 is 0. The van der Waals surface area contributed by atoms with Crippen LogP contribution in [-0.4, -0.2) is 37.2 Å². The Balaban J connectivity index is 4.01. The van der Waals surface area contributed by atoms with Crippen LogP contribution >= 0.6 is 0 Å². The number of unbranched alkanes of at least 4 members (excludes halogenated alkanes) is 24. The van der Waals surface area contributed by atoms with Gasteiger partial charge >= 0.3 is 17.9 Å². The molecule has 1 unspecified atom stereocenters. The van der Waals surface area contributed by atoms with Gasteiger partial charge < -0.3 is 14.2 Å². The lowest BCUT2D eigenvalue weighted by molar-refractivity contribution is -0.167. The molecule has 63 heavy (non-hydrogen) atoms. The number of allylic oxidation sites excluding steroid dienone is 12. The van der Waals surface area contributed by atoms with E-state index in [4.69, 9.17) is 14.2 Å². The van der Waals surface area contributed by atoms with Gasteiger partial charge in [0.1, 0.15) is 13.2 Å². The van der Waals surface area contributed by atoms with Gasteiger partial charge in [-0.25, -0.2) is 0 Å². The summed E-state index contributed by atoms with van der Waals surface area (Å²) in [6, 6.07) is 0. The molecule has 0 N–H and O–H groups in total. The van der Waals surface area contributed by atoms with Crippen molar-refractivity contribution in [3.63, 3.8) is 0 Å². The summed E-state index contributed by atoms with van der Waals surface area (Å²) in [5.41, 5.74) is 0. The van der Waals surface area contributed by atoms with Crippen LogP contribution in [0.1, 0.15) is 252 Å². The largest absolute Gasteiger partial charge is 0.462 e. The highest BCUT2D eigenvalue weighted by Crippen LogP contribution is 2.15. The molecule has 0 aromatic heterocycles. The van der Waals surface area contributed by atoms with Crippen LogP contribution in [0.4, 0.5) is 0 Å². The van der Waals surface area contributed by atoms with E-state index in [9.17, 15) is 14.4 Å². The summed E-state index contributed by atoms with van der Waals surface area (Å²) < 4.78 is 16.7. The Morgan fingerprint density at radius 2 is 0.651 bits per heavy atom. The summed E-state index contributed by atoms with van der Waals surface area (Å²) in [4.78, 5) is 37.6. The molecule has 0 amide bonds. The first-order valence-electron chi connectivity index (χ1n) is 26.4. The van der Waals surface area contributed by atoms with Gasteiger partial charge in [0.05, 0.1) is 0 Å². The number of rotatable bonds is 47. The zero-order valence-electron chi connectivity index (χ0n) is 41.3. The van der Waals surface area contributed by atoms with Crippen molar-refractivity contribution in [2.75, 3.05) is 13.2 Å². The van der Waals surface area contributed by atoms with Gasteiger partial charge in [-0.1, -0.05) is 222 Å². The zero-order chi connectivity index (χ0) is 45.8. The fourth-order valence-electron chi connectivity index (χ4n) is 7.24. The fourth-order valence-corrected chi connectivity index (χ4v) is 7.24. The predicted octanol–water partition coefficient (Wildman–Crippen LogP) is 17.4. The quantitative estimate of drug-likeness (QED) is 0.0262. The number of ether oxygens (including phenoxy) is 3. The topological polar surface area (TPSA) is 78.9 Å². The second kappa shape index (κ2) is 51.5. The van der Waals surface area contributed by atoms with Crippen molar-refractivity contribution in [2.24, 2.45) is 0 Å². The highest BCUT2D eigenvalue weighted by atomic mass is 16.6. The molecule has 0 heterocycles. The second-order valence-corrected chi connectivity index (χ2v) is 17.4. The molecule has 6 nitrogen and oxygen atoms in total. The summed E-state index contributed by atoms with van der Waals surface area (Å²) in [5.74, 6) is -0.899. The molecule has 0 aromatic carbocycles. The number of esters is 3. The van der Waals surface area contributed by atoms with Crippen LogP contribution in [0.25, 0.3) is 0 Å². The Kier molecular flexibility index (Phi) is 48.9. The number of carbonyl (C=O) groups excluding carboxylic acids is 3. The van der Waals surface area contributed by atoms with E-state index in [-0.39, 0.29) is 31.1 Å². The van der Waals surface area contributed by atoms with E-state index in [1.54, 1.807) is 0 Å². The third kappa shape index (κ3) is 49.7. The third-order valence-corrected chi connectivity index (χ3v) is 11.2. The van der Waals surface area contributed by atoms with Gasteiger partial charge in [0.15, 0.2) is 6.10 Å². The van der Waals surface area contributed by atoms with Crippen molar-refractivity contribution in [2.45, 2.75) is 258 Å². The molecule has 0 aliphatic carbocycles. The van der Waals surface area contributed by atoms with E-state index in [0.717, 1.165) is 109 Å². The molecule has 0 bridgehead atoms. The Bertz CT molecular complexity index is 1190. The lowest BCUT2D eigenvalue weighted by Crippen LogP contribution is -2.30. The molecular formula is C57H98O6. The Labute approximate surface area is 389 Å². The molecule has 0 saturated heterocycles. The van der Waals surface area contributed by atoms with Gasteiger partial charge in [0.25, 0.3) is 0 Å². The maximum absolute atomic E-state index is 12.7. The van der Waals surface area contributed by atoms with Crippen LogP contribution < -0.4 is 0 Å². The van der Waals surface area contributed by atoms with Crippen LogP contribution in [-0.2, 0) is 28.6 Å². The molecule has 0 aromatic rings. The molecular weight excluding hydrogens is 781 g/mol.